The fraction of sp³-hybridized carbons (Fsp3) is 0.833. The van der Waals surface area contributed by atoms with Crippen molar-refractivity contribution >= 4 is 11.9 Å². The Balaban J connectivity index is 2.39. The zero-order valence-corrected chi connectivity index (χ0v) is 10.4. The topological polar surface area (TPSA) is 52.6 Å². The Labute approximate surface area is 95.3 Å². The summed E-state index contributed by atoms with van der Waals surface area (Å²) in [7, 11) is 0. The minimum absolute atomic E-state index is 0.0129. The molecule has 1 heterocycles. The van der Waals surface area contributed by atoms with Crippen LogP contribution in [0.1, 0.15) is 41.0 Å². The summed E-state index contributed by atoms with van der Waals surface area (Å²) in [5.74, 6) is -1.99. The van der Waals surface area contributed by atoms with E-state index in [0.29, 0.717) is 0 Å². The van der Waals surface area contributed by atoms with Crippen molar-refractivity contribution in [3.63, 3.8) is 0 Å². The zero-order chi connectivity index (χ0) is 12.4. The van der Waals surface area contributed by atoms with Gasteiger partial charge in [0.2, 0.25) is 0 Å². The third kappa shape index (κ3) is 1.00. The summed E-state index contributed by atoms with van der Waals surface area (Å²) in [6.45, 7) is 8.98. The third-order valence-corrected chi connectivity index (χ3v) is 4.48. The number of carbonyl (C=O) groups excluding carboxylic acids is 2. The van der Waals surface area contributed by atoms with Crippen molar-refractivity contribution in [1.29, 1.82) is 0 Å². The summed E-state index contributed by atoms with van der Waals surface area (Å²) < 4.78 is 10.4. The lowest BCUT2D eigenvalue weighted by atomic mass is 9.91. The maximum absolute atomic E-state index is 12.1. The van der Waals surface area contributed by atoms with E-state index >= 15 is 0 Å². The number of hydrogen-bond donors (Lipinski definition) is 0. The molecule has 2 unspecified atom stereocenters. The molecule has 2 fully saturated rings. The molecule has 2 aliphatic rings. The van der Waals surface area contributed by atoms with Gasteiger partial charge in [0.15, 0.2) is 5.41 Å². The molecule has 0 N–H and O–H groups in total. The molecule has 0 aromatic carbocycles. The molecule has 1 aliphatic heterocycles. The summed E-state index contributed by atoms with van der Waals surface area (Å²) in [6, 6.07) is 0. The van der Waals surface area contributed by atoms with Gasteiger partial charge in [-0.05, 0) is 17.8 Å². The lowest BCUT2D eigenvalue weighted by molar-refractivity contribution is -0.245. The fourth-order valence-electron chi connectivity index (χ4n) is 3.03. The van der Waals surface area contributed by atoms with Gasteiger partial charge in [-0.2, -0.15) is 0 Å². The molecular weight excluding hydrogens is 208 g/mol. The maximum atomic E-state index is 12.1. The van der Waals surface area contributed by atoms with Gasteiger partial charge in [-0.3, -0.25) is 9.59 Å². The van der Waals surface area contributed by atoms with Gasteiger partial charge in [0.25, 0.3) is 5.79 Å². The summed E-state index contributed by atoms with van der Waals surface area (Å²) in [4.78, 5) is 24.1. The smallest absolute Gasteiger partial charge is 0.327 e. The number of carbonyl (C=O) groups is 2. The molecule has 0 bridgehead atoms. The Morgan fingerprint density at radius 1 is 1.12 bits per heavy atom. The van der Waals surface area contributed by atoms with Crippen LogP contribution in [0.25, 0.3) is 0 Å². The molecule has 1 saturated heterocycles. The van der Waals surface area contributed by atoms with Crippen molar-refractivity contribution in [3.8, 4) is 0 Å². The number of ether oxygens (including phenoxy) is 2. The van der Waals surface area contributed by atoms with Crippen LogP contribution in [0, 0.1) is 16.7 Å². The van der Waals surface area contributed by atoms with Crippen molar-refractivity contribution in [2.75, 3.05) is 0 Å². The number of cyclic esters (lactones) is 2. The van der Waals surface area contributed by atoms with E-state index in [9.17, 15) is 9.59 Å². The highest BCUT2D eigenvalue weighted by Crippen LogP contribution is 2.73. The Hall–Kier alpha value is -1.06. The maximum Gasteiger partial charge on any atom is 0.327 e. The second kappa shape index (κ2) is 2.79. The Morgan fingerprint density at radius 3 is 1.88 bits per heavy atom. The van der Waals surface area contributed by atoms with Gasteiger partial charge in [0, 0.05) is 13.8 Å². The van der Waals surface area contributed by atoms with Crippen LogP contribution in [0.5, 0.6) is 0 Å². The SMILES string of the molecule is CCC1(C)C(C)C12C(=O)OC(C)(C)OC2=O. The largest absolute Gasteiger partial charge is 0.422 e. The Morgan fingerprint density at radius 2 is 1.56 bits per heavy atom. The second-order valence-corrected chi connectivity index (χ2v) is 5.48. The van der Waals surface area contributed by atoms with E-state index in [2.05, 4.69) is 0 Å². The van der Waals surface area contributed by atoms with E-state index in [1.165, 1.54) is 0 Å². The average molecular weight is 226 g/mol. The minimum Gasteiger partial charge on any atom is -0.422 e. The van der Waals surface area contributed by atoms with E-state index < -0.39 is 23.1 Å². The molecule has 0 amide bonds. The van der Waals surface area contributed by atoms with Gasteiger partial charge in [0.05, 0.1) is 0 Å². The molecular formula is C12H18O4. The molecule has 0 aromatic rings. The number of esters is 2. The zero-order valence-electron chi connectivity index (χ0n) is 10.4. The molecule has 0 radical (unpaired) electrons. The van der Waals surface area contributed by atoms with E-state index in [-0.39, 0.29) is 11.3 Å². The number of rotatable bonds is 1. The van der Waals surface area contributed by atoms with Gasteiger partial charge >= 0.3 is 11.9 Å². The highest BCUT2D eigenvalue weighted by Gasteiger charge is 2.83. The Kier molecular flexibility index (Phi) is 1.99. The summed E-state index contributed by atoms with van der Waals surface area (Å²) in [5.41, 5.74) is -1.38. The van der Waals surface area contributed by atoms with Crippen LogP contribution in [-0.2, 0) is 19.1 Å². The van der Waals surface area contributed by atoms with Crippen LogP contribution in [-0.4, -0.2) is 17.7 Å². The van der Waals surface area contributed by atoms with Crippen LogP contribution in [0.3, 0.4) is 0 Å². The first kappa shape index (κ1) is 11.4. The van der Waals surface area contributed by atoms with Crippen molar-refractivity contribution in [2.45, 2.75) is 46.8 Å². The van der Waals surface area contributed by atoms with Crippen molar-refractivity contribution in [2.24, 2.45) is 16.7 Å². The summed E-state index contributed by atoms with van der Waals surface area (Å²) >= 11 is 0. The first-order valence-corrected chi connectivity index (χ1v) is 5.69. The number of hydrogen-bond acceptors (Lipinski definition) is 4. The standard InChI is InChI=1S/C12H18O4/c1-6-11(5)7(2)12(11)8(13)15-10(3,4)16-9(12)14/h7H,6H2,1-5H3. The first-order valence-electron chi connectivity index (χ1n) is 5.69. The van der Waals surface area contributed by atoms with E-state index in [4.69, 9.17) is 9.47 Å². The molecule has 0 aromatic heterocycles. The highest BCUT2D eigenvalue weighted by molar-refractivity contribution is 6.07. The van der Waals surface area contributed by atoms with Crippen LogP contribution in [0.15, 0.2) is 0 Å². The molecule has 90 valence electrons. The van der Waals surface area contributed by atoms with Gasteiger partial charge in [0.1, 0.15) is 0 Å². The molecule has 1 saturated carbocycles. The first-order chi connectivity index (χ1) is 7.22. The summed E-state index contributed by atoms with van der Waals surface area (Å²) in [6.07, 6.45) is 0.763. The lowest BCUT2D eigenvalue weighted by Gasteiger charge is -2.35. The summed E-state index contributed by atoms with van der Waals surface area (Å²) in [5, 5.41) is 0. The van der Waals surface area contributed by atoms with Gasteiger partial charge in [-0.1, -0.05) is 20.8 Å². The van der Waals surface area contributed by atoms with Crippen molar-refractivity contribution < 1.29 is 19.1 Å². The highest BCUT2D eigenvalue weighted by atomic mass is 16.7. The predicted octanol–water partition coefficient (Wildman–Crippen LogP) is 1.87. The molecule has 2 rings (SSSR count). The molecule has 2 atom stereocenters. The van der Waals surface area contributed by atoms with Crippen molar-refractivity contribution in [1.82, 2.24) is 0 Å². The fourth-order valence-corrected chi connectivity index (χ4v) is 3.03. The van der Waals surface area contributed by atoms with Crippen LogP contribution < -0.4 is 0 Å². The predicted molar refractivity (Wildman–Crippen MR) is 56.3 cm³/mol. The van der Waals surface area contributed by atoms with Crippen LogP contribution >= 0.6 is 0 Å². The molecule has 1 spiro atoms. The minimum atomic E-state index is -1.13. The monoisotopic (exact) mass is 226 g/mol. The molecule has 4 heteroatoms. The van der Waals surface area contributed by atoms with Gasteiger partial charge < -0.3 is 9.47 Å². The Bertz CT molecular complexity index is 351. The van der Waals surface area contributed by atoms with E-state index in [1.54, 1.807) is 13.8 Å². The quantitative estimate of drug-likeness (QED) is 0.506. The van der Waals surface area contributed by atoms with E-state index in [1.807, 2.05) is 20.8 Å². The average Bonchev–Trinajstić information content (AvgIpc) is 2.62. The van der Waals surface area contributed by atoms with E-state index in [0.717, 1.165) is 6.42 Å². The molecule has 16 heavy (non-hydrogen) atoms. The third-order valence-electron chi connectivity index (χ3n) is 4.48. The van der Waals surface area contributed by atoms with Crippen LogP contribution in [0.4, 0.5) is 0 Å². The van der Waals surface area contributed by atoms with Gasteiger partial charge in [-0.25, -0.2) is 0 Å². The molecule has 4 nitrogen and oxygen atoms in total. The van der Waals surface area contributed by atoms with Gasteiger partial charge in [-0.15, -0.1) is 0 Å². The second-order valence-electron chi connectivity index (χ2n) is 5.48. The van der Waals surface area contributed by atoms with Crippen molar-refractivity contribution in [3.05, 3.63) is 0 Å². The lowest BCUT2D eigenvalue weighted by Crippen LogP contribution is -2.50. The van der Waals surface area contributed by atoms with Crippen LogP contribution in [0.2, 0.25) is 0 Å². The molecule has 1 aliphatic carbocycles. The normalized spacial score (nSPS) is 39.2.